The number of amides is 4. The Balaban J connectivity index is 0.000000271. The quantitative estimate of drug-likeness (QED) is 0.0683. The number of thiocarbonyl (C=S) groups is 1. The maximum Gasteiger partial charge on any atom is 1.00 e. The Morgan fingerprint density at radius 2 is 1.23 bits per heavy atom. The van der Waals surface area contributed by atoms with Gasteiger partial charge in [-0.25, -0.2) is 10.4 Å². The molecule has 0 aliphatic carbocycles. The average Bonchev–Trinajstić information content (AvgIpc) is 3.93. The Kier molecular flexibility index (Phi) is 23.5. The summed E-state index contributed by atoms with van der Waals surface area (Å²) in [5, 5.41) is 25.8. The number of likely N-dealkylation sites (tertiary alicyclic amines) is 4. The van der Waals surface area contributed by atoms with Crippen molar-refractivity contribution in [3.8, 4) is 6.19 Å². The second-order valence-electron chi connectivity index (χ2n) is 14.6. The van der Waals surface area contributed by atoms with Crippen LogP contribution < -0.4 is 51.2 Å². The molecule has 4 heterocycles. The third-order valence-electron chi connectivity index (χ3n) is 10.1. The minimum Gasteiger partial charge on any atom is -0.341 e. The van der Waals surface area contributed by atoms with Crippen LogP contribution in [0.25, 0.3) is 0 Å². The van der Waals surface area contributed by atoms with Gasteiger partial charge in [0.25, 0.3) is 0 Å². The first kappa shape index (κ1) is 52.8. The topological polar surface area (TPSA) is 216 Å². The van der Waals surface area contributed by atoms with Gasteiger partial charge in [-0.1, -0.05) is 46.4 Å². The maximum absolute atomic E-state index is 13.1. The molecule has 2 aromatic rings. The van der Waals surface area contributed by atoms with E-state index in [0.717, 1.165) is 84.0 Å². The number of nitriles is 1. The smallest absolute Gasteiger partial charge is 0.341 e. The molecule has 0 spiro atoms. The molecule has 2 atom stereocenters. The van der Waals surface area contributed by atoms with Crippen LogP contribution in [0.1, 0.15) is 64.2 Å². The molecule has 0 aromatic heterocycles. The number of nitrogens with zero attached hydrogens (tertiary/aromatic N) is 7. The predicted molar refractivity (Wildman–Crippen MR) is 243 cm³/mol. The SMILES string of the molecule is N#CNC(=NC1CCCCN(CC(=O)N2CCCC2)C1=O)Nc1ccc(Cl)cc1Cl.N=C=NC(=S)Nc1ccc(Cl)cc1Cl.N[C@H]1CCCCN(CC(=O)N2CCCC2)C1=O.[Na+]. The fraction of sp³-hybridized carbons (Fsp3) is 0.500. The summed E-state index contributed by atoms with van der Waals surface area (Å²) in [4.78, 5) is 64.2. The van der Waals surface area contributed by atoms with Crippen molar-refractivity contribution >= 4 is 111 Å². The first-order valence-electron chi connectivity index (χ1n) is 20.0. The zero-order chi connectivity index (χ0) is 44.3. The summed E-state index contributed by atoms with van der Waals surface area (Å²) < 4.78 is 0. The van der Waals surface area contributed by atoms with Crippen LogP contribution in [0.2, 0.25) is 20.1 Å². The average molecular weight is 960 g/mol. The number of rotatable bonds is 7. The van der Waals surface area contributed by atoms with Crippen molar-refractivity contribution in [2.45, 2.75) is 76.3 Å². The van der Waals surface area contributed by atoms with E-state index in [1.54, 1.807) is 46.2 Å². The van der Waals surface area contributed by atoms with Gasteiger partial charge in [0.15, 0.2) is 6.19 Å². The summed E-state index contributed by atoms with van der Waals surface area (Å²) in [6.07, 6.45) is 10.8. The van der Waals surface area contributed by atoms with E-state index in [1.807, 2.05) is 22.0 Å². The van der Waals surface area contributed by atoms with Gasteiger partial charge in [0.1, 0.15) is 6.04 Å². The van der Waals surface area contributed by atoms with E-state index < -0.39 is 12.1 Å². The van der Waals surface area contributed by atoms with Crippen molar-refractivity contribution in [1.82, 2.24) is 24.9 Å². The van der Waals surface area contributed by atoms with Crippen molar-refractivity contribution < 1.29 is 48.7 Å². The molecule has 62 heavy (non-hydrogen) atoms. The van der Waals surface area contributed by atoms with Gasteiger partial charge in [0.2, 0.25) is 34.7 Å². The summed E-state index contributed by atoms with van der Waals surface area (Å²) in [7, 11) is 0. The van der Waals surface area contributed by atoms with Gasteiger partial charge in [0, 0.05) is 49.3 Å². The Bertz CT molecular complexity index is 2010. The number of carbonyl (C=O) groups is 4. The molecule has 0 saturated carbocycles. The minimum atomic E-state index is -0.687. The molecule has 1 unspecified atom stereocenters. The minimum absolute atomic E-state index is 0. The van der Waals surface area contributed by atoms with Gasteiger partial charge in [-0.15, -0.1) is 0 Å². The fourth-order valence-electron chi connectivity index (χ4n) is 6.92. The number of hydrogen-bond acceptors (Lipinski definition) is 9. The Morgan fingerprint density at radius 1 is 0.758 bits per heavy atom. The van der Waals surface area contributed by atoms with Crippen LogP contribution in [-0.2, 0) is 19.2 Å². The van der Waals surface area contributed by atoms with E-state index >= 15 is 0 Å². The molecule has 4 saturated heterocycles. The predicted octanol–water partition coefficient (Wildman–Crippen LogP) is 3.23. The van der Waals surface area contributed by atoms with E-state index in [-0.39, 0.29) is 77.3 Å². The number of hydrogen-bond donors (Lipinski definition) is 5. The fourth-order valence-corrected chi connectivity index (χ4v) is 7.99. The zero-order valence-corrected chi connectivity index (χ0v) is 40.4. The van der Waals surface area contributed by atoms with Crippen LogP contribution in [0.5, 0.6) is 0 Å². The first-order chi connectivity index (χ1) is 29.3. The van der Waals surface area contributed by atoms with Crippen molar-refractivity contribution in [3.63, 3.8) is 0 Å². The summed E-state index contributed by atoms with van der Waals surface area (Å²) in [5.41, 5.74) is 6.88. The number of anilines is 2. The number of nitrogens with two attached hydrogens (primary N) is 1. The Labute approximate surface area is 409 Å². The van der Waals surface area contributed by atoms with Gasteiger partial charge in [-0.05, 0) is 113 Å². The van der Waals surface area contributed by atoms with Crippen molar-refractivity contribution in [1.29, 1.82) is 10.7 Å². The van der Waals surface area contributed by atoms with Crippen LogP contribution in [-0.4, -0.2) is 125 Å². The molecule has 4 fully saturated rings. The Hall–Kier alpha value is -3.53. The summed E-state index contributed by atoms with van der Waals surface area (Å²) in [6, 6.07) is 10.5. The number of benzene rings is 2. The van der Waals surface area contributed by atoms with Crippen LogP contribution in [0.4, 0.5) is 11.4 Å². The van der Waals surface area contributed by atoms with Crippen LogP contribution in [0, 0.1) is 16.9 Å². The number of aliphatic imine (C=N–C) groups is 2. The summed E-state index contributed by atoms with van der Waals surface area (Å²) in [6.45, 7) is 4.68. The second kappa shape index (κ2) is 27.6. The largest absolute Gasteiger partial charge is 1.00 e. The molecule has 328 valence electrons. The number of halogens is 4. The molecular weight excluding hydrogens is 909 g/mol. The van der Waals surface area contributed by atoms with Crippen LogP contribution in [0.3, 0.4) is 0 Å². The third kappa shape index (κ3) is 17.2. The molecule has 0 bridgehead atoms. The summed E-state index contributed by atoms with van der Waals surface area (Å²) in [5.74, 6) is -0.0963. The van der Waals surface area contributed by atoms with Gasteiger partial charge in [-0.2, -0.15) is 10.3 Å². The van der Waals surface area contributed by atoms with E-state index in [9.17, 15) is 19.2 Å². The van der Waals surface area contributed by atoms with Crippen molar-refractivity contribution in [2.24, 2.45) is 15.7 Å². The molecule has 4 aliphatic heterocycles. The summed E-state index contributed by atoms with van der Waals surface area (Å²) >= 11 is 28.4. The molecule has 6 rings (SSSR count). The molecule has 4 aliphatic rings. The number of carbonyl (C=O) groups excluding carboxylic acids is 4. The Morgan fingerprint density at radius 3 is 1.71 bits per heavy atom. The zero-order valence-electron chi connectivity index (χ0n) is 34.6. The molecule has 4 amide bonds. The molecule has 6 N–H and O–H groups in total. The van der Waals surface area contributed by atoms with Gasteiger partial charge >= 0.3 is 29.6 Å². The van der Waals surface area contributed by atoms with Crippen LogP contribution in [0.15, 0.2) is 46.4 Å². The van der Waals surface area contributed by atoms with Gasteiger partial charge in [-0.3, -0.25) is 24.5 Å². The molecular formula is C40H50Cl4N12NaO4S+. The number of nitrogens with one attached hydrogen (secondary N) is 4. The molecule has 0 radical (unpaired) electrons. The normalized spacial score (nSPS) is 18.9. The third-order valence-corrected chi connectivity index (χ3v) is 11.4. The van der Waals surface area contributed by atoms with E-state index in [0.29, 0.717) is 51.0 Å². The van der Waals surface area contributed by atoms with Gasteiger partial charge < -0.3 is 36.0 Å². The first-order valence-corrected chi connectivity index (χ1v) is 21.9. The monoisotopic (exact) mass is 957 g/mol. The molecule has 22 heteroatoms. The van der Waals surface area contributed by atoms with E-state index in [4.69, 9.17) is 75.0 Å². The van der Waals surface area contributed by atoms with E-state index in [1.165, 1.54) is 0 Å². The number of guanidine groups is 1. The van der Waals surface area contributed by atoms with Gasteiger partial charge in [0.05, 0.1) is 46.6 Å². The standard InChI is InChI=1S/C20H24Cl2N6O2.C12H21N3O2.C8H5Cl2N3S.Na/c21-14-6-7-16(15(22)11-14)25-20(24-13-23)26-17-5-1-2-10-28(19(17)30)12-18(29)27-8-3-4-9-27;13-10-5-1-2-8-15(12(10)17)9-11(16)14-6-3-4-7-14;9-5-1-2-7(6(10)3-5)13-8(14)12-4-11;/h6-7,11,17H,1-5,8-10,12H2,(H2,24,25,26);10H,1-9,13H2;1-3,11H,(H,13,14);/q;;;+1/t;10-;;/m.0../s1. The van der Waals surface area contributed by atoms with Crippen LogP contribution >= 0.6 is 58.6 Å². The van der Waals surface area contributed by atoms with E-state index in [2.05, 4.69) is 25.9 Å². The maximum atomic E-state index is 13.1. The second-order valence-corrected chi connectivity index (χ2v) is 16.6. The van der Waals surface area contributed by atoms with Crippen molar-refractivity contribution in [2.75, 3.05) is 63.0 Å². The molecule has 2 aromatic carbocycles. The molecule has 16 nitrogen and oxygen atoms in total. The van der Waals surface area contributed by atoms with Crippen molar-refractivity contribution in [3.05, 3.63) is 56.5 Å².